The van der Waals surface area contributed by atoms with Crippen molar-refractivity contribution in [2.75, 3.05) is 13.2 Å². The maximum atomic E-state index is 12.3. The number of pyridine rings is 1. The van der Waals surface area contributed by atoms with Crippen LogP contribution >= 0.6 is 0 Å². The quantitative estimate of drug-likeness (QED) is 0.946. The Morgan fingerprint density at radius 2 is 2.00 bits per heavy atom. The Kier molecular flexibility index (Phi) is 3.41. The number of carbonyl (C=O) groups excluding carboxylic acids is 1. The second-order valence-electron chi connectivity index (χ2n) is 6.28. The predicted octanol–water partition coefficient (Wildman–Crippen LogP) is 2.56. The van der Waals surface area contributed by atoms with Crippen LogP contribution in [0.2, 0.25) is 0 Å². The molecular weight excluding hydrogens is 292 g/mol. The summed E-state index contributed by atoms with van der Waals surface area (Å²) in [6.45, 7) is 1.82. The first-order valence-corrected chi connectivity index (χ1v) is 7.81. The van der Waals surface area contributed by atoms with E-state index in [-0.39, 0.29) is 11.3 Å². The average molecular weight is 310 g/mol. The van der Waals surface area contributed by atoms with Gasteiger partial charge in [-0.05, 0) is 42.7 Å². The predicted molar refractivity (Wildman–Crippen MR) is 84.5 cm³/mol. The Balaban J connectivity index is 1.45. The van der Waals surface area contributed by atoms with Gasteiger partial charge in [-0.3, -0.25) is 9.78 Å². The molecule has 118 valence electrons. The lowest BCUT2D eigenvalue weighted by molar-refractivity contribution is 0.0950. The van der Waals surface area contributed by atoms with Crippen molar-refractivity contribution in [2.45, 2.75) is 19.4 Å². The van der Waals surface area contributed by atoms with Gasteiger partial charge in [-0.2, -0.15) is 0 Å². The molecule has 23 heavy (non-hydrogen) atoms. The van der Waals surface area contributed by atoms with Gasteiger partial charge in [0.2, 0.25) is 0 Å². The van der Waals surface area contributed by atoms with E-state index in [1.165, 1.54) is 0 Å². The third kappa shape index (κ3) is 2.99. The number of fused-ring (bicyclic) bond motifs is 1. The Morgan fingerprint density at radius 3 is 2.74 bits per heavy atom. The summed E-state index contributed by atoms with van der Waals surface area (Å²) in [7, 11) is 0. The average Bonchev–Trinajstić information content (AvgIpc) is 3.40. The number of nitrogens with zero attached hydrogens (tertiary/aromatic N) is 1. The number of hydrogen-bond donors (Lipinski definition) is 1. The minimum Gasteiger partial charge on any atom is -0.489 e. The van der Waals surface area contributed by atoms with Crippen molar-refractivity contribution in [3.05, 3.63) is 53.9 Å². The molecule has 1 spiro atoms. The maximum absolute atomic E-state index is 12.3. The monoisotopic (exact) mass is 310 g/mol. The van der Waals surface area contributed by atoms with E-state index in [1.54, 1.807) is 24.5 Å². The number of amides is 1. The van der Waals surface area contributed by atoms with Crippen LogP contribution in [0.15, 0.2) is 42.7 Å². The topological polar surface area (TPSA) is 60.5 Å². The lowest BCUT2D eigenvalue weighted by atomic mass is 10.1. The molecule has 0 bridgehead atoms. The summed E-state index contributed by atoms with van der Waals surface area (Å²) in [6.07, 6.45) is 5.75. The fourth-order valence-corrected chi connectivity index (χ4v) is 2.64. The van der Waals surface area contributed by atoms with Gasteiger partial charge in [0.15, 0.2) is 11.5 Å². The number of ether oxygens (including phenoxy) is 2. The first-order chi connectivity index (χ1) is 11.2. The number of aromatic nitrogens is 1. The third-order valence-electron chi connectivity index (χ3n) is 4.41. The van der Waals surface area contributed by atoms with Crippen LogP contribution in [-0.2, 0) is 6.54 Å². The molecule has 1 N–H and O–H groups in total. The molecule has 5 nitrogen and oxygen atoms in total. The highest BCUT2D eigenvalue weighted by molar-refractivity contribution is 5.94. The number of rotatable bonds is 3. The number of hydrogen-bond acceptors (Lipinski definition) is 4. The van der Waals surface area contributed by atoms with Crippen LogP contribution in [0.5, 0.6) is 11.5 Å². The lowest BCUT2D eigenvalue weighted by Crippen LogP contribution is -2.22. The zero-order valence-corrected chi connectivity index (χ0v) is 12.7. The second kappa shape index (κ2) is 5.57. The summed E-state index contributed by atoms with van der Waals surface area (Å²) >= 11 is 0. The first kappa shape index (κ1) is 14.1. The minimum absolute atomic E-state index is 0.134. The largest absolute Gasteiger partial charge is 0.489 e. The summed E-state index contributed by atoms with van der Waals surface area (Å²) in [4.78, 5) is 16.3. The van der Waals surface area contributed by atoms with Crippen molar-refractivity contribution in [2.24, 2.45) is 5.41 Å². The van der Waals surface area contributed by atoms with Crippen molar-refractivity contribution >= 4 is 5.91 Å². The normalized spacial score (nSPS) is 17.4. The zero-order valence-electron chi connectivity index (χ0n) is 12.7. The van der Waals surface area contributed by atoms with Gasteiger partial charge in [-0.15, -0.1) is 0 Å². The summed E-state index contributed by atoms with van der Waals surface area (Å²) in [6, 6.07) is 9.12. The molecule has 1 amide bonds. The van der Waals surface area contributed by atoms with Crippen LogP contribution in [-0.4, -0.2) is 24.1 Å². The molecule has 0 unspecified atom stereocenters. The molecule has 2 aliphatic rings. The number of benzene rings is 1. The van der Waals surface area contributed by atoms with E-state index < -0.39 is 0 Å². The van der Waals surface area contributed by atoms with Gasteiger partial charge in [-0.25, -0.2) is 0 Å². The van der Waals surface area contributed by atoms with Crippen LogP contribution in [0.25, 0.3) is 0 Å². The third-order valence-corrected chi connectivity index (χ3v) is 4.41. The highest BCUT2D eigenvalue weighted by Gasteiger charge is 2.46. The first-order valence-electron chi connectivity index (χ1n) is 7.81. The van der Waals surface area contributed by atoms with Crippen LogP contribution in [0.1, 0.15) is 28.8 Å². The van der Waals surface area contributed by atoms with Crippen molar-refractivity contribution in [1.82, 2.24) is 10.3 Å². The van der Waals surface area contributed by atoms with E-state index in [4.69, 9.17) is 9.47 Å². The second-order valence-corrected chi connectivity index (χ2v) is 6.28. The molecule has 1 saturated carbocycles. The SMILES string of the molecule is O=C(NCc1cccnc1)c1ccc2c(c1)OCC1(CC1)CO2. The summed E-state index contributed by atoms with van der Waals surface area (Å²) < 4.78 is 11.7. The van der Waals surface area contributed by atoms with E-state index in [9.17, 15) is 4.79 Å². The van der Waals surface area contributed by atoms with Crippen molar-refractivity contribution in [3.63, 3.8) is 0 Å². The van der Waals surface area contributed by atoms with Gasteiger partial charge in [0.05, 0.1) is 13.2 Å². The van der Waals surface area contributed by atoms with Gasteiger partial charge in [-0.1, -0.05) is 6.07 Å². The van der Waals surface area contributed by atoms with Crippen LogP contribution in [0.3, 0.4) is 0 Å². The molecule has 1 aliphatic carbocycles. The lowest BCUT2D eigenvalue weighted by Gasteiger charge is -2.10. The maximum Gasteiger partial charge on any atom is 0.251 e. The van der Waals surface area contributed by atoms with Gasteiger partial charge in [0.25, 0.3) is 5.91 Å². The Bertz CT molecular complexity index is 726. The molecule has 0 atom stereocenters. The van der Waals surface area contributed by atoms with Crippen LogP contribution in [0.4, 0.5) is 0 Å². The summed E-state index contributed by atoms with van der Waals surface area (Å²) in [5.74, 6) is 1.24. The highest BCUT2D eigenvalue weighted by atomic mass is 16.5. The van der Waals surface area contributed by atoms with Crippen LogP contribution in [0, 0.1) is 5.41 Å². The van der Waals surface area contributed by atoms with E-state index in [0.717, 1.165) is 24.2 Å². The molecule has 1 aliphatic heterocycles. The Morgan fingerprint density at radius 1 is 1.17 bits per heavy atom. The van der Waals surface area contributed by atoms with Crippen molar-refractivity contribution in [1.29, 1.82) is 0 Å². The van der Waals surface area contributed by atoms with Gasteiger partial charge in [0.1, 0.15) is 0 Å². The molecule has 2 aromatic rings. The molecule has 2 heterocycles. The summed E-state index contributed by atoms with van der Waals surface area (Å²) in [5, 5.41) is 2.89. The Labute approximate surface area is 134 Å². The minimum atomic E-state index is -0.134. The van der Waals surface area contributed by atoms with Crippen molar-refractivity contribution < 1.29 is 14.3 Å². The molecular formula is C18H18N2O3. The van der Waals surface area contributed by atoms with Gasteiger partial charge >= 0.3 is 0 Å². The number of nitrogens with one attached hydrogen (secondary N) is 1. The molecule has 1 fully saturated rings. The molecule has 4 rings (SSSR count). The highest BCUT2D eigenvalue weighted by Crippen LogP contribution is 2.49. The van der Waals surface area contributed by atoms with Crippen LogP contribution < -0.4 is 14.8 Å². The van der Waals surface area contributed by atoms with E-state index in [1.807, 2.05) is 18.2 Å². The van der Waals surface area contributed by atoms with E-state index >= 15 is 0 Å². The van der Waals surface area contributed by atoms with E-state index in [2.05, 4.69) is 10.3 Å². The number of carbonyl (C=O) groups is 1. The smallest absolute Gasteiger partial charge is 0.251 e. The molecule has 1 aromatic carbocycles. The molecule has 1 aromatic heterocycles. The molecule has 0 radical (unpaired) electrons. The van der Waals surface area contributed by atoms with Gasteiger partial charge < -0.3 is 14.8 Å². The Hall–Kier alpha value is -2.56. The fraction of sp³-hybridized carbons (Fsp3) is 0.333. The fourth-order valence-electron chi connectivity index (χ4n) is 2.64. The zero-order chi connectivity index (χ0) is 15.7. The standard InChI is InChI=1S/C18H18N2O3/c21-17(20-10-13-2-1-7-19-9-13)14-3-4-15-16(8-14)23-12-18(5-6-18)11-22-15/h1-4,7-9H,5-6,10-12H2,(H,20,21). The summed E-state index contributed by atoms with van der Waals surface area (Å²) in [5.41, 5.74) is 1.73. The van der Waals surface area contributed by atoms with Gasteiger partial charge in [0, 0.05) is 29.9 Å². The van der Waals surface area contributed by atoms with Crippen molar-refractivity contribution in [3.8, 4) is 11.5 Å². The van der Waals surface area contributed by atoms with E-state index in [0.29, 0.717) is 31.1 Å². The molecule has 0 saturated heterocycles. The molecule has 5 heteroatoms.